The lowest BCUT2D eigenvalue weighted by Crippen LogP contribution is -2.43. The molecular formula is C28H29ClN2O4. The summed E-state index contributed by atoms with van der Waals surface area (Å²) in [6.07, 6.45) is 5.41. The van der Waals surface area contributed by atoms with Gasteiger partial charge in [0.05, 0.1) is 7.11 Å². The number of unbranched alkanes of at least 4 members (excludes halogenated alkanes) is 3. The molecule has 0 atom stereocenters. The molecule has 1 aliphatic rings. The van der Waals surface area contributed by atoms with E-state index in [-0.39, 0.29) is 11.5 Å². The molecule has 7 heteroatoms. The zero-order valence-electron chi connectivity index (χ0n) is 20.3. The molecule has 1 heterocycles. The van der Waals surface area contributed by atoms with Gasteiger partial charge in [0.1, 0.15) is 18.2 Å². The number of amides is 2. The first-order valence-electron chi connectivity index (χ1n) is 11.6. The number of methoxy groups -OCH3 is 1. The number of hydrogen-bond donors (Lipinski definition) is 0. The number of carbonyl (C=O) groups is 2. The molecule has 0 unspecified atom stereocenters. The Morgan fingerprint density at radius 1 is 1.03 bits per heavy atom. The summed E-state index contributed by atoms with van der Waals surface area (Å²) in [5, 5.41) is 10.2. The third-order valence-electron chi connectivity index (χ3n) is 5.87. The molecule has 0 aromatic heterocycles. The van der Waals surface area contributed by atoms with Crippen molar-refractivity contribution in [2.24, 2.45) is 0 Å². The normalized spacial score (nSPS) is 14.9. The Morgan fingerprint density at radius 2 is 1.77 bits per heavy atom. The molecule has 0 spiro atoms. The van der Waals surface area contributed by atoms with E-state index in [0.29, 0.717) is 52.8 Å². The molecule has 0 saturated carbocycles. The van der Waals surface area contributed by atoms with E-state index in [9.17, 15) is 14.9 Å². The molecule has 0 saturated heterocycles. The van der Waals surface area contributed by atoms with Crippen LogP contribution in [0.25, 0.3) is 6.08 Å². The lowest BCUT2D eigenvalue weighted by molar-refractivity contribution is -0.140. The van der Waals surface area contributed by atoms with Gasteiger partial charge in [-0.1, -0.05) is 56.0 Å². The van der Waals surface area contributed by atoms with Crippen molar-refractivity contribution in [1.82, 2.24) is 4.90 Å². The quantitative estimate of drug-likeness (QED) is 0.227. The van der Waals surface area contributed by atoms with Gasteiger partial charge in [-0.15, -0.1) is 0 Å². The summed E-state index contributed by atoms with van der Waals surface area (Å²) < 4.78 is 11.4. The van der Waals surface area contributed by atoms with Crippen LogP contribution >= 0.6 is 11.6 Å². The van der Waals surface area contributed by atoms with Crippen LogP contribution in [0.5, 0.6) is 11.5 Å². The molecule has 6 nitrogen and oxygen atoms in total. The fraction of sp³-hybridized carbons (Fsp3) is 0.321. The monoisotopic (exact) mass is 492 g/mol. The Morgan fingerprint density at radius 3 is 2.43 bits per heavy atom. The van der Waals surface area contributed by atoms with Crippen molar-refractivity contribution < 1.29 is 19.1 Å². The topological polar surface area (TPSA) is 79.6 Å². The number of rotatable bonds is 10. The second-order valence-corrected chi connectivity index (χ2v) is 8.75. The maximum absolute atomic E-state index is 13.2. The summed E-state index contributed by atoms with van der Waals surface area (Å²) in [6, 6.07) is 14.7. The van der Waals surface area contributed by atoms with E-state index in [0.717, 1.165) is 24.8 Å². The van der Waals surface area contributed by atoms with Gasteiger partial charge >= 0.3 is 0 Å². The van der Waals surface area contributed by atoms with Crippen LogP contribution in [-0.2, 0) is 16.2 Å². The number of hydrogen-bond acceptors (Lipinski definition) is 5. The van der Waals surface area contributed by atoms with Gasteiger partial charge < -0.3 is 9.47 Å². The van der Waals surface area contributed by atoms with E-state index in [1.54, 1.807) is 50.4 Å². The minimum atomic E-state index is -0.521. The summed E-state index contributed by atoms with van der Waals surface area (Å²) in [5.74, 6) is 0.153. The predicted octanol–water partition coefficient (Wildman–Crippen LogP) is 6.10. The van der Waals surface area contributed by atoms with Crippen molar-refractivity contribution in [3.63, 3.8) is 0 Å². The second-order valence-electron chi connectivity index (χ2n) is 8.32. The van der Waals surface area contributed by atoms with Crippen molar-refractivity contribution in [3.05, 3.63) is 75.3 Å². The van der Waals surface area contributed by atoms with Crippen molar-refractivity contribution in [2.45, 2.75) is 46.1 Å². The maximum atomic E-state index is 13.2. The summed E-state index contributed by atoms with van der Waals surface area (Å²) in [7, 11) is 1.54. The Labute approximate surface area is 211 Å². The Balaban J connectivity index is 1.85. The van der Waals surface area contributed by atoms with Gasteiger partial charge in [0.25, 0.3) is 11.8 Å². The number of imide groups is 1. The van der Waals surface area contributed by atoms with Crippen molar-refractivity contribution in [2.75, 3.05) is 13.7 Å². The highest BCUT2D eigenvalue weighted by atomic mass is 35.5. The Kier molecular flexibility index (Phi) is 9.11. The average Bonchev–Trinajstić information content (AvgIpc) is 2.86. The molecule has 0 fully saturated rings. The number of nitriles is 1. The molecule has 1 aliphatic heterocycles. The summed E-state index contributed by atoms with van der Waals surface area (Å²) in [5.41, 5.74) is 2.37. The molecule has 3 rings (SSSR count). The number of carbonyl (C=O) groups excluding carboxylic acids is 2. The van der Waals surface area contributed by atoms with Crippen molar-refractivity contribution in [1.29, 1.82) is 5.26 Å². The SMILES string of the molecule is CCCCCCN1C(=O)C(C#N)=C(C)/C(=C\c2ccc(OCc3ccc(Cl)cc3)c(OC)c2)C1=O. The van der Waals surface area contributed by atoms with Gasteiger partial charge in [-0.05, 0) is 60.4 Å². The van der Waals surface area contributed by atoms with Gasteiger partial charge in [-0.25, -0.2) is 0 Å². The fourth-order valence-electron chi connectivity index (χ4n) is 3.83. The standard InChI is InChI=1S/C28H29ClN2O4/c1-4-5-6-7-14-31-27(32)23(19(2)24(17-30)28(31)33)15-21-10-13-25(26(16-21)34-3)35-18-20-8-11-22(29)12-9-20/h8-13,15-16H,4-7,14,18H2,1-3H3/b23-15+. The molecule has 0 radical (unpaired) electrons. The Bertz CT molecular complexity index is 1190. The molecule has 2 amide bonds. The average molecular weight is 493 g/mol. The molecule has 182 valence electrons. The van der Waals surface area contributed by atoms with Crippen LogP contribution in [0, 0.1) is 11.3 Å². The summed E-state index contributed by atoms with van der Waals surface area (Å²) in [4.78, 5) is 27.1. The largest absolute Gasteiger partial charge is 0.493 e. The summed E-state index contributed by atoms with van der Waals surface area (Å²) in [6.45, 7) is 4.37. The zero-order chi connectivity index (χ0) is 25.4. The van der Waals surface area contributed by atoms with Crippen LogP contribution < -0.4 is 9.47 Å². The fourth-order valence-corrected chi connectivity index (χ4v) is 3.96. The van der Waals surface area contributed by atoms with Crippen LogP contribution in [0.4, 0.5) is 0 Å². The second kappa shape index (κ2) is 12.2. The van der Waals surface area contributed by atoms with Crippen LogP contribution in [0.3, 0.4) is 0 Å². The van der Waals surface area contributed by atoms with Gasteiger partial charge in [-0.2, -0.15) is 5.26 Å². The number of ether oxygens (including phenoxy) is 2. The van der Waals surface area contributed by atoms with E-state index in [4.69, 9.17) is 21.1 Å². The van der Waals surface area contributed by atoms with Gasteiger partial charge in [0.15, 0.2) is 11.5 Å². The number of benzene rings is 2. The Hall–Kier alpha value is -3.56. The zero-order valence-corrected chi connectivity index (χ0v) is 21.0. The minimum Gasteiger partial charge on any atom is -0.493 e. The van der Waals surface area contributed by atoms with Crippen molar-refractivity contribution in [3.8, 4) is 17.6 Å². The van der Waals surface area contributed by atoms with Crippen LogP contribution in [0.2, 0.25) is 5.02 Å². The highest BCUT2D eigenvalue weighted by Crippen LogP contribution is 2.32. The van der Waals surface area contributed by atoms with Crippen LogP contribution in [0.1, 0.15) is 50.7 Å². The van der Waals surface area contributed by atoms with Crippen LogP contribution in [0.15, 0.2) is 59.2 Å². The predicted molar refractivity (Wildman–Crippen MR) is 136 cm³/mol. The molecule has 0 bridgehead atoms. The number of halogens is 1. The smallest absolute Gasteiger partial charge is 0.271 e. The van der Waals surface area contributed by atoms with E-state index in [1.807, 2.05) is 18.2 Å². The first-order chi connectivity index (χ1) is 16.9. The molecule has 0 aliphatic carbocycles. The maximum Gasteiger partial charge on any atom is 0.271 e. The molecule has 35 heavy (non-hydrogen) atoms. The van der Waals surface area contributed by atoms with E-state index in [2.05, 4.69) is 6.92 Å². The highest BCUT2D eigenvalue weighted by molar-refractivity contribution is 6.30. The lowest BCUT2D eigenvalue weighted by Gasteiger charge is -2.27. The van der Waals surface area contributed by atoms with Crippen molar-refractivity contribution >= 4 is 29.5 Å². The third kappa shape index (κ3) is 6.32. The molecular weight excluding hydrogens is 464 g/mol. The van der Waals surface area contributed by atoms with E-state index in [1.165, 1.54) is 4.90 Å². The van der Waals surface area contributed by atoms with E-state index < -0.39 is 5.91 Å². The van der Waals surface area contributed by atoms with Crippen LogP contribution in [-0.4, -0.2) is 30.4 Å². The molecule has 2 aromatic rings. The minimum absolute atomic E-state index is 0.00113. The molecule has 0 N–H and O–H groups in total. The first kappa shape index (κ1) is 26.1. The molecule has 2 aromatic carbocycles. The summed E-state index contributed by atoms with van der Waals surface area (Å²) >= 11 is 5.93. The first-order valence-corrected chi connectivity index (χ1v) is 12.0. The van der Waals surface area contributed by atoms with Gasteiger partial charge in [-0.3, -0.25) is 14.5 Å². The van der Waals surface area contributed by atoms with E-state index >= 15 is 0 Å². The van der Waals surface area contributed by atoms with Gasteiger partial charge in [0, 0.05) is 17.1 Å². The highest BCUT2D eigenvalue weighted by Gasteiger charge is 2.35. The number of nitrogens with zero attached hydrogens (tertiary/aromatic N) is 2. The van der Waals surface area contributed by atoms with Gasteiger partial charge in [0.2, 0.25) is 0 Å². The third-order valence-corrected chi connectivity index (χ3v) is 6.12. The lowest BCUT2D eigenvalue weighted by atomic mass is 9.93.